The van der Waals surface area contributed by atoms with E-state index in [1.165, 1.54) is 5.32 Å². The highest BCUT2D eigenvalue weighted by molar-refractivity contribution is 5.36. The molecule has 4 N–H and O–H groups in total. The van der Waals surface area contributed by atoms with Gasteiger partial charge in [0.2, 0.25) is 0 Å². The Bertz CT molecular complexity index is 1350. The van der Waals surface area contributed by atoms with Crippen molar-refractivity contribution < 1.29 is 42.0 Å². The van der Waals surface area contributed by atoms with Crippen LogP contribution in [0.4, 0.5) is 0 Å². The number of aryl methyl sites for hydroxylation is 1. The SMILES string of the molecule is [2H]c1c([2H])c(C([2H])(O)C([2H])([2H])NC([2H])([2H])C([2H])([2H])CCC([2H])([2H])C([2H])([2H])OCCCCc2ccccc2)c([2H])c(C([2H])([2H])O)c1O. The first-order chi connectivity index (χ1) is 20.6. The summed E-state index contributed by atoms with van der Waals surface area (Å²) in [6.45, 7) is -14.0. The Morgan fingerprint density at radius 1 is 1.10 bits per heavy atom. The van der Waals surface area contributed by atoms with Crippen LogP contribution in [0.25, 0.3) is 0 Å². The maximum absolute atomic E-state index is 10.9. The molecule has 30 heavy (non-hydrogen) atoms. The van der Waals surface area contributed by atoms with Crippen molar-refractivity contribution >= 4 is 0 Å². The van der Waals surface area contributed by atoms with Gasteiger partial charge in [-0.2, -0.15) is 0 Å². The zero-order valence-corrected chi connectivity index (χ0v) is 16.4. The molecule has 0 radical (unpaired) electrons. The van der Waals surface area contributed by atoms with E-state index < -0.39 is 92.8 Å². The Morgan fingerprint density at radius 2 is 1.90 bits per heavy atom. The lowest BCUT2D eigenvalue weighted by molar-refractivity contribution is 0.126. The van der Waals surface area contributed by atoms with Crippen molar-refractivity contribution in [3.63, 3.8) is 0 Å². The zero-order chi connectivity index (χ0) is 35.7. The molecule has 5 heteroatoms. The van der Waals surface area contributed by atoms with Crippen molar-refractivity contribution in [2.24, 2.45) is 0 Å². The number of rotatable bonds is 16. The van der Waals surface area contributed by atoms with Crippen molar-refractivity contribution in [1.82, 2.24) is 5.32 Å². The third-order valence-corrected chi connectivity index (χ3v) is 3.80. The second-order valence-electron chi connectivity index (χ2n) is 6.06. The second-order valence-corrected chi connectivity index (χ2v) is 6.06. The summed E-state index contributed by atoms with van der Waals surface area (Å²) in [5.41, 5.74) is -1.78. The molecule has 0 fully saturated rings. The van der Waals surface area contributed by atoms with Crippen LogP contribution in [0, 0.1) is 0 Å². The quantitative estimate of drug-likeness (QED) is 0.301. The average molecular weight is 432 g/mol. The molecular formula is C25H37NO4. The Balaban J connectivity index is 2.20. The summed E-state index contributed by atoms with van der Waals surface area (Å²) in [5.74, 6) is -1.40. The summed E-state index contributed by atoms with van der Waals surface area (Å²) >= 11 is 0. The van der Waals surface area contributed by atoms with Crippen molar-refractivity contribution in [3.8, 4) is 5.75 Å². The van der Waals surface area contributed by atoms with Gasteiger partial charge in [-0.25, -0.2) is 0 Å². The van der Waals surface area contributed by atoms with Gasteiger partial charge >= 0.3 is 0 Å². The molecule has 0 aliphatic rings. The van der Waals surface area contributed by atoms with E-state index in [1.54, 1.807) is 0 Å². The van der Waals surface area contributed by atoms with Gasteiger partial charge in [0, 0.05) is 36.2 Å². The lowest BCUT2D eigenvalue weighted by atomic mass is 10.1. The topological polar surface area (TPSA) is 82.0 Å². The Hall–Kier alpha value is -1.92. The number of nitrogens with one attached hydrogen (secondary N) is 1. The number of aromatic hydroxyl groups is 1. The molecule has 1 atom stereocenters. The smallest absolute Gasteiger partial charge is 0.121 e. The van der Waals surface area contributed by atoms with Gasteiger partial charge in [0.1, 0.15) is 5.75 Å². The molecule has 1 unspecified atom stereocenters. The fraction of sp³-hybridized carbons (Fsp3) is 0.520. The van der Waals surface area contributed by atoms with Crippen molar-refractivity contribution in [2.45, 2.75) is 57.5 Å². The van der Waals surface area contributed by atoms with Crippen LogP contribution >= 0.6 is 0 Å². The number of hydrogen-bond donors (Lipinski definition) is 4. The first-order valence-electron chi connectivity index (χ1n) is 17.4. The molecule has 0 aliphatic heterocycles. The molecule has 0 aliphatic carbocycles. The summed E-state index contributed by atoms with van der Waals surface area (Å²) in [7, 11) is 0. The van der Waals surface area contributed by atoms with Gasteiger partial charge in [-0.05, 0) is 61.7 Å². The standard InChI is InChI=1S/C25H37NO4/c27-20-23-18-22(13-14-24(23)28)25(29)19-26-15-7-1-2-8-16-30-17-9-6-12-21-10-4-3-5-11-21/h3-5,10-11,13-14,18,25-29H,1-2,6-9,12,15-17,19-20H2/i7D2,8D2,13D,14D,15D2,16D2,18D,19D2,20D2,25D. The molecular weight excluding hydrogens is 378 g/mol. The molecule has 0 saturated carbocycles. The highest BCUT2D eigenvalue weighted by atomic mass is 16.5. The summed E-state index contributed by atoms with van der Waals surface area (Å²) in [4.78, 5) is 0. The summed E-state index contributed by atoms with van der Waals surface area (Å²) < 4.78 is 134. The summed E-state index contributed by atoms with van der Waals surface area (Å²) in [5, 5.41) is 32.1. The van der Waals surface area contributed by atoms with Gasteiger partial charge in [-0.15, -0.1) is 0 Å². The first-order valence-corrected chi connectivity index (χ1v) is 9.38. The average Bonchev–Trinajstić information content (AvgIpc) is 2.89. The van der Waals surface area contributed by atoms with Crippen LogP contribution in [0.5, 0.6) is 5.75 Å². The third-order valence-electron chi connectivity index (χ3n) is 3.80. The van der Waals surface area contributed by atoms with Gasteiger partial charge in [0.05, 0.1) is 23.6 Å². The molecule has 166 valence electrons. The number of unbranched alkanes of at least 4 members (excludes halogenated alkanes) is 1. The van der Waals surface area contributed by atoms with Crippen LogP contribution in [0.3, 0.4) is 0 Å². The van der Waals surface area contributed by atoms with Gasteiger partial charge in [-0.1, -0.05) is 49.2 Å². The highest BCUT2D eigenvalue weighted by Crippen LogP contribution is 2.22. The highest BCUT2D eigenvalue weighted by Gasteiger charge is 2.09. The minimum absolute atomic E-state index is 0.163. The fourth-order valence-corrected chi connectivity index (χ4v) is 2.28. The number of hydrogen-bond acceptors (Lipinski definition) is 5. The predicted molar refractivity (Wildman–Crippen MR) is 121 cm³/mol. The molecule has 2 aromatic carbocycles. The van der Waals surface area contributed by atoms with E-state index in [4.69, 9.17) is 26.7 Å². The van der Waals surface area contributed by atoms with E-state index in [9.17, 15) is 15.3 Å². The first kappa shape index (κ1) is 10.1. The molecule has 5 nitrogen and oxygen atoms in total. The lowest BCUT2D eigenvalue weighted by Crippen LogP contribution is -2.22. The molecule has 0 saturated heterocycles. The maximum Gasteiger partial charge on any atom is 0.121 e. The minimum Gasteiger partial charge on any atom is -0.508 e. The number of aliphatic hydroxyl groups is 2. The van der Waals surface area contributed by atoms with Crippen molar-refractivity contribution in [3.05, 3.63) is 65.1 Å². The second kappa shape index (κ2) is 15.0. The predicted octanol–water partition coefficient (Wildman–Crippen LogP) is 4.11. The van der Waals surface area contributed by atoms with Crippen LogP contribution in [0.2, 0.25) is 0 Å². The van der Waals surface area contributed by atoms with Crippen LogP contribution < -0.4 is 5.32 Å². The normalized spacial score (nSPS) is 23.9. The molecule has 0 spiro atoms. The van der Waals surface area contributed by atoms with Gasteiger partial charge in [0.15, 0.2) is 0 Å². The van der Waals surface area contributed by atoms with Gasteiger partial charge in [0.25, 0.3) is 0 Å². The van der Waals surface area contributed by atoms with E-state index in [0.29, 0.717) is 19.3 Å². The molecule has 2 rings (SSSR count). The lowest BCUT2D eigenvalue weighted by Gasteiger charge is -2.14. The monoisotopic (exact) mass is 431 g/mol. The Morgan fingerprint density at radius 3 is 2.70 bits per heavy atom. The van der Waals surface area contributed by atoms with E-state index in [2.05, 4.69) is 0 Å². The maximum atomic E-state index is 10.9. The molecule has 2 aromatic rings. The number of benzene rings is 2. The van der Waals surface area contributed by atoms with Crippen molar-refractivity contribution in [2.75, 3.05) is 26.2 Å². The van der Waals surface area contributed by atoms with Crippen LogP contribution in [0.15, 0.2) is 48.5 Å². The van der Waals surface area contributed by atoms with E-state index in [1.807, 2.05) is 30.3 Å². The number of phenols is 1. The van der Waals surface area contributed by atoms with Gasteiger partial charge < -0.3 is 25.4 Å². The molecule has 0 heterocycles. The van der Waals surface area contributed by atoms with Gasteiger partial charge in [-0.3, -0.25) is 0 Å². The van der Waals surface area contributed by atoms with Crippen LogP contribution in [0.1, 0.15) is 83.1 Å². The Kier molecular flexibility index (Phi) is 5.06. The van der Waals surface area contributed by atoms with E-state index in [0.717, 1.165) is 5.56 Å². The Labute approximate surface area is 203 Å². The number of ether oxygens (including phenoxy) is 1. The molecule has 0 aromatic heterocycles. The largest absolute Gasteiger partial charge is 0.508 e. The third kappa shape index (κ3) is 9.72. The molecule has 0 amide bonds. The molecule has 0 bridgehead atoms. The summed E-state index contributed by atoms with van der Waals surface area (Å²) in [6, 6.07) is 5.37. The fourth-order valence-electron chi connectivity index (χ4n) is 2.28. The van der Waals surface area contributed by atoms with Crippen LogP contribution in [-0.4, -0.2) is 41.5 Å². The summed E-state index contributed by atoms with van der Waals surface area (Å²) in [6.07, 6.45) is -10.4. The zero-order valence-electron chi connectivity index (χ0n) is 32.4. The van der Waals surface area contributed by atoms with E-state index in [-0.39, 0.29) is 6.61 Å². The van der Waals surface area contributed by atoms with Crippen molar-refractivity contribution in [1.29, 1.82) is 0 Å². The minimum atomic E-state index is -3.94. The van der Waals surface area contributed by atoms with E-state index >= 15 is 0 Å². The van der Waals surface area contributed by atoms with Crippen LogP contribution in [-0.2, 0) is 17.7 Å².